The smallest absolute Gasteiger partial charge is 0.319 e. The normalized spacial score (nSPS) is 24.0. The van der Waals surface area contributed by atoms with Crippen LogP contribution in [0.25, 0.3) is 0 Å². The van der Waals surface area contributed by atoms with E-state index in [4.69, 9.17) is 31.3 Å². The van der Waals surface area contributed by atoms with Crippen molar-refractivity contribution in [2.75, 3.05) is 5.32 Å². The van der Waals surface area contributed by atoms with Gasteiger partial charge in [-0.2, -0.15) is 0 Å². The van der Waals surface area contributed by atoms with E-state index in [9.17, 15) is 9.59 Å². The third-order valence-corrected chi connectivity index (χ3v) is 5.95. The molecule has 158 valence electrons. The van der Waals surface area contributed by atoms with E-state index in [1.165, 1.54) is 0 Å². The fraction of sp³-hybridized carbons (Fsp3) is 0.550. The van der Waals surface area contributed by atoms with Gasteiger partial charge in [0, 0.05) is 12.5 Å². The van der Waals surface area contributed by atoms with Gasteiger partial charge in [-0.25, -0.2) is 4.79 Å². The molecule has 8 nitrogen and oxygen atoms in total. The van der Waals surface area contributed by atoms with E-state index < -0.39 is 17.5 Å². The summed E-state index contributed by atoms with van der Waals surface area (Å²) >= 11 is 6.36. The maximum absolute atomic E-state index is 12.2. The fourth-order valence-corrected chi connectivity index (χ4v) is 4.46. The van der Waals surface area contributed by atoms with Crippen molar-refractivity contribution >= 4 is 35.3 Å². The van der Waals surface area contributed by atoms with Gasteiger partial charge in [0.15, 0.2) is 0 Å². The molecule has 0 bridgehead atoms. The van der Waals surface area contributed by atoms with Crippen molar-refractivity contribution in [3.05, 3.63) is 22.7 Å². The number of halogens is 1. The largest absolute Gasteiger partial charge is 0.490 e. The first kappa shape index (κ1) is 21.2. The molecule has 2 fully saturated rings. The maximum atomic E-state index is 12.2. The van der Waals surface area contributed by atoms with Crippen molar-refractivity contribution in [2.24, 2.45) is 5.92 Å². The van der Waals surface area contributed by atoms with Crippen LogP contribution in [0.4, 0.5) is 10.5 Å². The van der Waals surface area contributed by atoms with E-state index in [1.54, 1.807) is 6.07 Å². The SMILES string of the molecule is CC(=O)O.O=C1Nc2c(Cl)ccc(OC3CC(C(=O)O)C3)c2C2(CCCCC2)N1. The third kappa shape index (κ3) is 4.58. The summed E-state index contributed by atoms with van der Waals surface area (Å²) in [5.74, 6) is -1.23. The lowest BCUT2D eigenvalue weighted by molar-refractivity contribution is -0.148. The van der Waals surface area contributed by atoms with Crippen molar-refractivity contribution in [2.45, 2.75) is 63.5 Å². The average molecular weight is 425 g/mol. The standard InChI is InChI=1S/C18H21ClN2O4.C2H4O2/c19-12-4-5-13(25-11-8-10(9-11)16(22)23)14-15(12)20-17(24)21-18(14)6-2-1-3-7-18;1-2(3)4/h4-5,10-11H,1-3,6-9H2,(H,22,23)(H2,20,21,24);1H3,(H,3,4). The highest BCUT2D eigenvalue weighted by atomic mass is 35.5. The molecule has 2 aliphatic carbocycles. The highest BCUT2D eigenvalue weighted by molar-refractivity contribution is 6.34. The lowest BCUT2D eigenvalue weighted by atomic mass is 9.74. The predicted octanol–water partition coefficient (Wildman–Crippen LogP) is 3.97. The molecule has 2 saturated carbocycles. The molecule has 4 N–H and O–H groups in total. The Morgan fingerprint density at radius 3 is 2.38 bits per heavy atom. The highest BCUT2D eigenvalue weighted by Gasteiger charge is 2.44. The first-order valence-corrected chi connectivity index (χ1v) is 10.1. The second-order valence-electron chi connectivity index (χ2n) is 7.78. The van der Waals surface area contributed by atoms with Crippen molar-refractivity contribution in [1.29, 1.82) is 0 Å². The topological polar surface area (TPSA) is 125 Å². The number of hydrogen-bond acceptors (Lipinski definition) is 4. The van der Waals surface area contributed by atoms with E-state index in [1.807, 2.05) is 6.07 Å². The molecule has 1 aromatic rings. The highest BCUT2D eigenvalue weighted by Crippen LogP contribution is 2.50. The minimum Gasteiger partial charge on any atom is -0.490 e. The zero-order chi connectivity index (χ0) is 21.2. The molecule has 0 aromatic heterocycles. The summed E-state index contributed by atoms with van der Waals surface area (Å²) in [5.41, 5.74) is 1.09. The van der Waals surface area contributed by atoms with Gasteiger partial charge in [-0.15, -0.1) is 0 Å². The van der Waals surface area contributed by atoms with Crippen LogP contribution in [0.3, 0.4) is 0 Å². The Kier molecular flexibility index (Phi) is 6.21. The first-order valence-electron chi connectivity index (χ1n) is 9.73. The van der Waals surface area contributed by atoms with E-state index >= 15 is 0 Å². The minimum absolute atomic E-state index is 0.107. The second-order valence-corrected chi connectivity index (χ2v) is 8.19. The quantitative estimate of drug-likeness (QED) is 0.581. The fourth-order valence-electron chi connectivity index (χ4n) is 4.25. The van der Waals surface area contributed by atoms with Gasteiger partial charge in [0.2, 0.25) is 0 Å². The number of hydrogen-bond donors (Lipinski definition) is 4. The maximum Gasteiger partial charge on any atom is 0.319 e. The Morgan fingerprint density at radius 1 is 1.17 bits per heavy atom. The zero-order valence-electron chi connectivity index (χ0n) is 16.2. The van der Waals surface area contributed by atoms with Gasteiger partial charge in [-0.1, -0.05) is 30.9 Å². The molecule has 29 heavy (non-hydrogen) atoms. The molecule has 2 amide bonds. The van der Waals surface area contributed by atoms with Gasteiger partial charge < -0.3 is 25.6 Å². The Balaban J connectivity index is 0.000000552. The molecule has 1 aromatic carbocycles. The summed E-state index contributed by atoms with van der Waals surface area (Å²) in [5, 5.41) is 22.9. The molecule has 4 rings (SSSR count). The number of carboxylic acid groups (broad SMARTS) is 2. The number of carbonyl (C=O) groups is 3. The first-order chi connectivity index (χ1) is 13.7. The minimum atomic E-state index is -0.833. The van der Waals surface area contributed by atoms with Crippen LogP contribution in [0.2, 0.25) is 5.02 Å². The van der Waals surface area contributed by atoms with Crippen molar-refractivity contribution in [3.8, 4) is 5.75 Å². The molecule has 1 spiro atoms. The molecule has 1 heterocycles. The number of aliphatic carboxylic acids is 2. The summed E-state index contributed by atoms with van der Waals surface area (Å²) in [6.07, 6.45) is 5.86. The number of nitrogens with one attached hydrogen (secondary N) is 2. The van der Waals surface area contributed by atoms with Crippen molar-refractivity contribution in [3.63, 3.8) is 0 Å². The molecule has 0 radical (unpaired) electrons. The van der Waals surface area contributed by atoms with Gasteiger partial charge in [-0.3, -0.25) is 9.59 Å². The van der Waals surface area contributed by atoms with E-state index in [0.29, 0.717) is 29.3 Å². The number of ether oxygens (including phenoxy) is 1. The molecule has 9 heteroatoms. The van der Waals surface area contributed by atoms with Crippen molar-refractivity contribution in [1.82, 2.24) is 5.32 Å². The van der Waals surface area contributed by atoms with Gasteiger partial charge in [0.25, 0.3) is 5.97 Å². The zero-order valence-corrected chi connectivity index (χ0v) is 16.9. The van der Waals surface area contributed by atoms with Gasteiger partial charge in [0.1, 0.15) is 11.9 Å². The Hall–Kier alpha value is -2.48. The molecule has 0 atom stereocenters. The molecule has 0 saturated heterocycles. The van der Waals surface area contributed by atoms with Crippen LogP contribution in [0.5, 0.6) is 5.75 Å². The Morgan fingerprint density at radius 2 is 1.79 bits per heavy atom. The van der Waals surface area contributed by atoms with Crippen LogP contribution in [0.1, 0.15) is 57.4 Å². The molecule has 1 aliphatic heterocycles. The summed E-state index contributed by atoms with van der Waals surface area (Å²) < 4.78 is 6.13. The van der Waals surface area contributed by atoms with Crippen LogP contribution in [-0.4, -0.2) is 34.3 Å². The monoisotopic (exact) mass is 424 g/mol. The number of urea groups is 1. The lowest BCUT2D eigenvalue weighted by Gasteiger charge is -2.44. The molecular formula is C20H25ClN2O6. The van der Waals surface area contributed by atoms with Gasteiger partial charge in [-0.05, 0) is 37.8 Å². The van der Waals surface area contributed by atoms with E-state index in [-0.39, 0.29) is 18.1 Å². The summed E-state index contributed by atoms with van der Waals surface area (Å²) in [6, 6.07) is 3.33. The van der Waals surface area contributed by atoms with Gasteiger partial charge in [0.05, 0.1) is 22.2 Å². The number of amides is 2. The summed E-state index contributed by atoms with van der Waals surface area (Å²) in [4.78, 5) is 32.2. The molecular weight excluding hydrogens is 400 g/mol. The van der Waals surface area contributed by atoms with Gasteiger partial charge >= 0.3 is 12.0 Å². The van der Waals surface area contributed by atoms with Crippen LogP contribution in [-0.2, 0) is 15.1 Å². The summed E-state index contributed by atoms with van der Waals surface area (Å²) in [7, 11) is 0. The lowest BCUT2D eigenvalue weighted by Crippen LogP contribution is -2.53. The number of fused-ring (bicyclic) bond motifs is 2. The van der Waals surface area contributed by atoms with Crippen LogP contribution in [0.15, 0.2) is 12.1 Å². The predicted molar refractivity (Wildman–Crippen MR) is 106 cm³/mol. The average Bonchev–Trinajstić information content (AvgIpc) is 2.59. The van der Waals surface area contributed by atoms with Crippen LogP contribution >= 0.6 is 11.6 Å². The number of rotatable bonds is 3. The van der Waals surface area contributed by atoms with Crippen LogP contribution < -0.4 is 15.4 Å². The van der Waals surface area contributed by atoms with E-state index in [0.717, 1.165) is 44.6 Å². The second kappa shape index (κ2) is 8.49. The number of carboxylic acids is 2. The Bertz CT molecular complexity index is 811. The summed E-state index contributed by atoms with van der Waals surface area (Å²) in [6.45, 7) is 1.08. The van der Waals surface area contributed by atoms with Crippen molar-refractivity contribution < 1.29 is 29.3 Å². The number of anilines is 1. The third-order valence-electron chi connectivity index (χ3n) is 5.63. The molecule has 3 aliphatic rings. The molecule has 0 unspecified atom stereocenters. The number of benzene rings is 1. The Labute approximate surface area is 173 Å². The van der Waals surface area contributed by atoms with E-state index in [2.05, 4.69) is 10.6 Å². The van der Waals surface area contributed by atoms with Crippen LogP contribution in [0, 0.1) is 5.92 Å². The number of carbonyl (C=O) groups excluding carboxylic acids is 1.